The van der Waals surface area contributed by atoms with Crippen LogP contribution >= 0.6 is 0 Å². The molecule has 1 aliphatic rings. The number of rotatable bonds is 2. The largest absolute Gasteiger partial charge is 0.389 e. The average molecular weight is 207 g/mol. The Labute approximate surface area is 90.0 Å². The van der Waals surface area contributed by atoms with Gasteiger partial charge >= 0.3 is 0 Å². The van der Waals surface area contributed by atoms with E-state index in [4.69, 9.17) is 0 Å². The Morgan fingerprint density at radius 3 is 2.47 bits per heavy atom. The third kappa shape index (κ3) is 2.20. The Kier molecular flexibility index (Phi) is 3.05. The molecule has 0 saturated carbocycles. The molecule has 0 amide bonds. The van der Waals surface area contributed by atoms with Crippen molar-refractivity contribution >= 4 is 0 Å². The fourth-order valence-corrected chi connectivity index (χ4v) is 2.08. The summed E-state index contributed by atoms with van der Waals surface area (Å²) in [5.74, 6) is 0. The van der Waals surface area contributed by atoms with E-state index in [0.717, 1.165) is 6.54 Å². The van der Waals surface area contributed by atoms with Gasteiger partial charge in [-0.25, -0.2) is 0 Å². The average Bonchev–Trinajstić information content (AvgIpc) is 2.48. The van der Waals surface area contributed by atoms with Gasteiger partial charge in [0.25, 0.3) is 0 Å². The first-order valence-electron chi connectivity index (χ1n) is 5.32. The minimum absolute atomic E-state index is 0.0280. The highest BCUT2D eigenvalue weighted by Gasteiger charge is 2.36. The second-order valence-corrected chi connectivity index (χ2v) is 4.21. The summed E-state index contributed by atoms with van der Waals surface area (Å²) >= 11 is 0. The van der Waals surface area contributed by atoms with E-state index in [1.54, 1.807) is 0 Å². The Balaban J connectivity index is 2.02. The number of hydrogen-bond acceptors (Lipinski definition) is 3. The van der Waals surface area contributed by atoms with Crippen LogP contribution in [0.2, 0.25) is 0 Å². The lowest BCUT2D eigenvalue weighted by Gasteiger charge is -2.21. The molecular weight excluding hydrogens is 190 g/mol. The third-order valence-corrected chi connectivity index (χ3v) is 3.11. The topological polar surface area (TPSA) is 43.7 Å². The van der Waals surface area contributed by atoms with Crippen LogP contribution in [0.5, 0.6) is 0 Å². The standard InChI is InChI=1S/C12H17NO2/c1-9-12(15)11(14)8-13(9)7-10-5-3-2-4-6-10/h2-6,9,11-12,14-15H,7-8H2,1H3/t9-,11-,12+/m1/s1. The smallest absolute Gasteiger partial charge is 0.0963 e. The van der Waals surface area contributed by atoms with E-state index in [2.05, 4.69) is 17.0 Å². The lowest BCUT2D eigenvalue weighted by Crippen LogP contribution is -2.32. The summed E-state index contributed by atoms with van der Waals surface area (Å²) in [6.07, 6.45) is -1.22. The summed E-state index contributed by atoms with van der Waals surface area (Å²) in [5, 5.41) is 19.1. The van der Waals surface area contributed by atoms with Gasteiger partial charge in [0.2, 0.25) is 0 Å². The Bertz CT molecular complexity index is 315. The molecule has 15 heavy (non-hydrogen) atoms. The lowest BCUT2D eigenvalue weighted by atomic mass is 10.1. The molecule has 3 heteroatoms. The van der Waals surface area contributed by atoms with E-state index in [1.807, 2.05) is 25.1 Å². The zero-order valence-corrected chi connectivity index (χ0v) is 8.87. The van der Waals surface area contributed by atoms with Crippen molar-refractivity contribution in [3.63, 3.8) is 0 Å². The van der Waals surface area contributed by atoms with Crippen molar-refractivity contribution in [3.05, 3.63) is 35.9 Å². The van der Waals surface area contributed by atoms with E-state index in [-0.39, 0.29) is 6.04 Å². The van der Waals surface area contributed by atoms with Crippen LogP contribution in [0.3, 0.4) is 0 Å². The maximum absolute atomic E-state index is 9.62. The number of benzene rings is 1. The second kappa shape index (κ2) is 4.31. The van der Waals surface area contributed by atoms with Crippen LogP contribution < -0.4 is 0 Å². The first-order chi connectivity index (χ1) is 7.18. The molecule has 1 aliphatic heterocycles. The molecule has 1 heterocycles. The van der Waals surface area contributed by atoms with Crippen LogP contribution in [0.25, 0.3) is 0 Å². The highest BCUT2D eigenvalue weighted by atomic mass is 16.3. The molecule has 0 aromatic heterocycles. The summed E-state index contributed by atoms with van der Waals surface area (Å²) in [7, 11) is 0. The van der Waals surface area contributed by atoms with Crippen molar-refractivity contribution in [2.45, 2.75) is 31.7 Å². The first kappa shape index (κ1) is 10.6. The molecule has 3 atom stereocenters. The molecule has 0 aliphatic carbocycles. The molecule has 1 saturated heterocycles. The van der Waals surface area contributed by atoms with E-state index >= 15 is 0 Å². The summed E-state index contributed by atoms with van der Waals surface area (Å²) in [4.78, 5) is 2.10. The molecule has 82 valence electrons. The predicted molar refractivity (Wildman–Crippen MR) is 58.3 cm³/mol. The van der Waals surface area contributed by atoms with E-state index in [0.29, 0.717) is 6.54 Å². The van der Waals surface area contributed by atoms with Crippen molar-refractivity contribution in [1.82, 2.24) is 4.90 Å². The van der Waals surface area contributed by atoms with Crippen molar-refractivity contribution < 1.29 is 10.2 Å². The van der Waals surface area contributed by atoms with Gasteiger partial charge in [-0.05, 0) is 12.5 Å². The summed E-state index contributed by atoms with van der Waals surface area (Å²) in [5.41, 5.74) is 1.21. The maximum Gasteiger partial charge on any atom is 0.0963 e. The lowest BCUT2D eigenvalue weighted by molar-refractivity contribution is 0.0413. The highest BCUT2D eigenvalue weighted by molar-refractivity contribution is 5.15. The quantitative estimate of drug-likeness (QED) is 0.747. The Morgan fingerprint density at radius 2 is 1.93 bits per heavy atom. The van der Waals surface area contributed by atoms with Gasteiger partial charge in [-0.1, -0.05) is 30.3 Å². The van der Waals surface area contributed by atoms with Gasteiger partial charge < -0.3 is 10.2 Å². The van der Waals surface area contributed by atoms with Gasteiger partial charge in [-0.2, -0.15) is 0 Å². The zero-order chi connectivity index (χ0) is 10.8. The van der Waals surface area contributed by atoms with Crippen LogP contribution in [-0.2, 0) is 6.54 Å². The van der Waals surface area contributed by atoms with Crippen molar-refractivity contribution in [3.8, 4) is 0 Å². The molecule has 0 spiro atoms. The minimum Gasteiger partial charge on any atom is -0.389 e. The minimum atomic E-state index is -0.617. The molecule has 1 aromatic carbocycles. The van der Waals surface area contributed by atoms with Crippen molar-refractivity contribution in [2.24, 2.45) is 0 Å². The Hall–Kier alpha value is -0.900. The number of likely N-dealkylation sites (tertiary alicyclic amines) is 1. The Morgan fingerprint density at radius 1 is 1.27 bits per heavy atom. The van der Waals surface area contributed by atoms with Crippen molar-refractivity contribution in [1.29, 1.82) is 0 Å². The number of β-amino-alcohol motifs (C(OH)–C–C–N with tert-alkyl or cyclic N) is 1. The molecule has 2 N–H and O–H groups in total. The summed E-state index contributed by atoms with van der Waals surface area (Å²) in [6, 6.07) is 10.1. The number of hydrogen-bond donors (Lipinski definition) is 2. The molecule has 3 nitrogen and oxygen atoms in total. The first-order valence-corrected chi connectivity index (χ1v) is 5.32. The summed E-state index contributed by atoms with van der Waals surface area (Å²) < 4.78 is 0. The number of nitrogens with zero attached hydrogens (tertiary/aromatic N) is 1. The van der Waals surface area contributed by atoms with Gasteiger partial charge in [-0.15, -0.1) is 0 Å². The van der Waals surface area contributed by atoms with Crippen molar-refractivity contribution in [2.75, 3.05) is 6.54 Å². The third-order valence-electron chi connectivity index (χ3n) is 3.11. The molecule has 1 fully saturated rings. The fourth-order valence-electron chi connectivity index (χ4n) is 2.08. The number of aliphatic hydroxyl groups is 2. The fraction of sp³-hybridized carbons (Fsp3) is 0.500. The van der Waals surface area contributed by atoms with Crippen LogP contribution in [0.4, 0.5) is 0 Å². The van der Waals surface area contributed by atoms with Gasteiger partial charge in [0.05, 0.1) is 12.2 Å². The van der Waals surface area contributed by atoms with Crippen LogP contribution in [-0.4, -0.2) is 39.9 Å². The zero-order valence-electron chi connectivity index (χ0n) is 8.87. The van der Waals surface area contributed by atoms with Gasteiger partial charge in [-0.3, -0.25) is 4.90 Å². The SMILES string of the molecule is C[C@@H]1[C@H](O)[C@H](O)CN1Cc1ccccc1. The van der Waals surface area contributed by atoms with Gasteiger partial charge in [0.15, 0.2) is 0 Å². The van der Waals surface area contributed by atoms with Crippen LogP contribution in [0, 0.1) is 0 Å². The van der Waals surface area contributed by atoms with Gasteiger partial charge in [0, 0.05) is 19.1 Å². The summed E-state index contributed by atoms with van der Waals surface area (Å²) in [6.45, 7) is 3.29. The molecule has 0 radical (unpaired) electrons. The monoisotopic (exact) mass is 207 g/mol. The normalized spacial score (nSPS) is 32.1. The molecule has 0 unspecified atom stereocenters. The highest BCUT2D eigenvalue weighted by Crippen LogP contribution is 2.20. The van der Waals surface area contributed by atoms with Gasteiger partial charge in [0.1, 0.15) is 0 Å². The van der Waals surface area contributed by atoms with E-state index in [9.17, 15) is 10.2 Å². The van der Waals surface area contributed by atoms with E-state index < -0.39 is 12.2 Å². The van der Waals surface area contributed by atoms with E-state index in [1.165, 1.54) is 5.56 Å². The van der Waals surface area contributed by atoms with Crippen LogP contribution in [0.1, 0.15) is 12.5 Å². The predicted octanol–water partition coefficient (Wildman–Crippen LogP) is 0.612. The molecule has 0 bridgehead atoms. The second-order valence-electron chi connectivity index (χ2n) is 4.21. The number of aliphatic hydroxyl groups excluding tert-OH is 2. The molecule has 2 rings (SSSR count). The molecular formula is C12H17NO2. The maximum atomic E-state index is 9.62. The van der Waals surface area contributed by atoms with Crippen LogP contribution in [0.15, 0.2) is 30.3 Å². The molecule has 1 aromatic rings.